The Bertz CT molecular complexity index is 721. The first kappa shape index (κ1) is 17.2. The molecule has 0 saturated heterocycles. The molecule has 2 atom stereocenters. The van der Waals surface area contributed by atoms with Crippen LogP contribution in [0.15, 0.2) is 23.6 Å². The molecule has 2 heterocycles. The Morgan fingerprint density at radius 2 is 2.29 bits per heavy atom. The average molecular weight is 364 g/mol. The second-order valence-corrected chi connectivity index (χ2v) is 8.40. The summed E-state index contributed by atoms with van der Waals surface area (Å²) in [6, 6.07) is 5.78. The molecular weight excluding hydrogens is 342 g/mol. The number of esters is 1. The monoisotopic (exact) mass is 363 g/mol. The Morgan fingerprint density at radius 3 is 3.04 bits per heavy atom. The predicted molar refractivity (Wildman–Crippen MR) is 96.7 cm³/mol. The number of thiophene rings is 2. The Labute approximate surface area is 149 Å². The van der Waals surface area contributed by atoms with Gasteiger partial charge in [-0.1, -0.05) is 13.0 Å². The lowest BCUT2D eigenvalue weighted by molar-refractivity contribution is -0.124. The molecule has 128 valence electrons. The Morgan fingerprint density at radius 1 is 1.46 bits per heavy atom. The number of rotatable bonds is 5. The van der Waals surface area contributed by atoms with Crippen molar-refractivity contribution in [2.45, 2.75) is 39.2 Å². The van der Waals surface area contributed by atoms with Crippen molar-refractivity contribution in [2.24, 2.45) is 5.92 Å². The minimum absolute atomic E-state index is 0.0771. The van der Waals surface area contributed by atoms with Crippen LogP contribution in [0.3, 0.4) is 0 Å². The smallest absolute Gasteiger partial charge is 0.348 e. The minimum Gasteiger partial charge on any atom is -0.451 e. The third-order valence-electron chi connectivity index (χ3n) is 4.21. The van der Waals surface area contributed by atoms with Crippen LogP contribution < -0.4 is 5.32 Å². The summed E-state index contributed by atoms with van der Waals surface area (Å²) in [6.45, 7) is 3.91. The first-order valence-electron chi connectivity index (χ1n) is 8.14. The van der Waals surface area contributed by atoms with Crippen LogP contribution in [-0.4, -0.2) is 18.5 Å². The first-order valence-corrected chi connectivity index (χ1v) is 9.84. The van der Waals surface area contributed by atoms with Crippen molar-refractivity contribution in [3.8, 4) is 0 Å². The average Bonchev–Trinajstić information content (AvgIpc) is 3.21. The van der Waals surface area contributed by atoms with E-state index >= 15 is 0 Å². The molecule has 0 bridgehead atoms. The number of hydrogen-bond acceptors (Lipinski definition) is 5. The molecule has 0 aromatic carbocycles. The maximum absolute atomic E-state index is 12.2. The summed E-state index contributed by atoms with van der Waals surface area (Å²) >= 11 is 3.09. The summed E-state index contributed by atoms with van der Waals surface area (Å²) in [7, 11) is 0. The molecule has 0 spiro atoms. The van der Waals surface area contributed by atoms with E-state index in [0.717, 1.165) is 17.7 Å². The Kier molecular flexibility index (Phi) is 5.36. The van der Waals surface area contributed by atoms with Gasteiger partial charge in [-0.25, -0.2) is 4.79 Å². The summed E-state index contributed by atoms with van der Waals surface area (Å²) in [5.41, 5.74) is 1.27. The standard InChI is InChI=1S/C18H21NO3S2/c1-11-5-6-15-13(8-11)9-16(24-15)18(21)22-10-17(20)19-12(2)14-4-3-7-23-14/h3-4,7,9,11-12H,5-6,8,10H2,1-2H3,(H,19,20). The summed E-state index contributed by atoms with van der Waals surface area (Å²) in [5.74, 6) is -0.0133. The highest BCUT2D eigenvalue weighted by molar-refractivity contribution is 7.14. The minimum atomic E-state index is -0.402. The summed E-state index contributed by atoms with van der Waals surface area (Å²) in [6.07, 6.45) is 3.23. The third-order valence-corrected chi connectivity index (χ3v) is 6.48. The topological polar surface area (TPSA) is 55.4 Å². The van der Waals surface area contributed by atoms with Crippen LogP contribution in [0.1, 0.15) is 51.3 Å². The van der Waals surface area contributed by atoms with Crippen LogP contribution in [0.4, 0.5) is 0 Å². The van der Waals surface area contributed by atoms with Crippen molar-refractivity contribution >= 4 is 34.6 Å². The van der Waals surface area contributed by atoms with Gasteiger partial charge in [0.25, 0.3) is 5.91 Å². The molecule has 2 unspecified atom stereocenters. The van der Waals surface area contributed by atoms with E-state index in [-0.39, 0.29) is 18.6 Å². The molecule has 2 aromatic rings. The molecular formula is C18H21NO3S2. The van der Waals surface area contributed by atoms with Gasteiger partial charge < -0.3 is 10.1 Å². The lowest BCUT2D eigenvalue weighted by atomic mass is 9.90. The van der Waals surface area contributed by atoms with Crippen molar-refractivity contribution in [3.63, 3.8) is 0 Å². The molecule has 4 nitrogen and oxygen atoms in total. The van der Waals surface area contributed by atoms with Gasteiger partial charge in [-0.2, -0.15) is 0 Å². The van der Waals surface area contributed by atoms with Gasteiger partial charge in [-0.3, -0.25) is 4.79 Å². The summed E-state index contributed by atoms with van der Waals surface area (Å²) < 4.78 is 5.18. The van der Waals surface area contributed by atoms with Crippen molar-refractivity contribution in [1.29, 1.82) is 0 Å². The fourth-order valence-electron chi connectivity index (χ4n) is 2.90. The van der Waals surface area contributed by atoms with Gasteiger partial charge in [0.1, 0.15) is 4.88 Å². The third kappa shape index (κ3) is 4.05. The van der Waals surface area contributed by atoms with Gasteiger partial charge in [-0.05, 0) is 55.2 Å². The zero-order valence-electron chi connectivity index (χ0n) is 13.8. The molecule has 0 aliphatic heterocycles. The fourth-order valence-corrected chi connectivity index (χ4v) is 4.74. The zero-order chi connectivity index (χ0) is 17.1. The highest BCUT2D eigenvalue weighted by Gasteiger charge is 2.22. The predicted octanol–water partition coefficient (Wildman–Crippen LogP) is 3.97. The van der Waals surface area contributed by atoms with E-state index in [1.54, 1.807) is 11.3 Å². The van der Waals surface area contributed by atoms with E-state index in [2.05, 4.69) is 12.2 Å². The molecule has 2 aromatic heterocycles. The van der Waals surface area contributed by atoms with E-state index in [1.807, 2.05) is 30.5 Å². The molecule has 0 fully saturated rings. The van der Waals surface area contributed by atoms with Gasteiger partial charge in [0.15, 0.2) is 6.61 Å². The summed E-state index contributed by atoms with van der Waals surface area (Å²) in [5, 5.41) is 4.81. The van der Waals surface area contributed by atoms with E-state index in [0.29, 0.717) is 10.8 Å². The van der Waals surface area contributed by atoms with Crippen LogP contribution in [0.25, 0.3) is 0 Å². The van der Waals surface area contributed by atoms with E-state index in [4.69, 9.17) is 4.74 Å². The molecule has 24 heavy (non-hydrogen) atoms. The molecule has 1 aliphatic carbocycles. The van der Waals surface area contributed by atoms with Gasteiger partial charge in [0, 0.05) is 9.75 Å². The van der Waals surface area contributed by atoms with Gasteiger partial charge in [0.2, 0.25) is 0 Å². The number of fused-ring (bicyclic) bond motifs is 1. The second-order valence-electron chi connectivity index (χ2n) is 6.29. The van der Waals surface area contributed by atoms with Crippen molar-refractivity contribution in [3.05, 3.63) is 43.8 Å². The van der Waals surface area contributed by atoms with Crippen LogP contribution in [0.2, 0.25) is 0 Å². The number of ether oxygens (including phenoxy) is 1. The molecule has 0 radical (unpaired) electrons. The largest absolute Gasteiger partial charge is 0.451 e. The molecule has 0 saturated carbocycles. The highest BCUT2D eigenvalue weighted by Crippen LogP contribution is 2.32. The van der Waals surface area contributed by atoms with Gasteiger partial charge >= 0.3 is 5.97 Å². The molecule has 1 N–H and O–H groups in total. The van der Waals surface area contributed by atoms with E-state index in [9.17, 15) is 9.59 Å². The van der Waals surface area contributed by atoms with Crippen molar-refractivity contribution < 1.29 is 14.3 Å². The van der Waals surface area contributed by atoms with Crippen LogP contribution in [-0.2, 0) is 22.4 Å². The number of aryl methyl sites for hydroxylation is 1. The lowest BCUT2D eigenvalue weighted by Crippen LogP contribution is -2.30. The number of amides is 1. The lowest BCUT2D eigenvalue weighted by Gasteiger charge is -2.16. The Hall–Kier alpha value is -1.66. The maximum atomic E-state index is 12.2. The number of carbonyl (C=O) groups is 2. The number of hydrogen-bond donors (Lipinski definition) is 1. The number of carbonyl (C=O) groups excluding carboxylic acids is 2. The summed E-state index contributed by atoms with van der Waals surface area (Å²) in [4.78, 5) is 27.1. The first-order chi connectivity index (χ1) is 11.5. The molecule has 1 aliphatic rings. The highest BCUT2D eigenvalue weighted by atomic mass is 32.1. The van der Waals surface area contributed by atoms with Gasteiger partial charge in [0.05, 0.1) is 6.04 Å². The van der Waals surface area contributed by atoms with E-state index in [1.165, 1.54) is 28.2 Å². The van der Waals surface area contributed by atoms with Crippen molar-refractivity contribution in [2.75, 3.05) is 6.61 Å². The quantitative estimate of drug-likeness (QED) is 0.818. The zero-order valence-corrected chi connectivity index (χ0v) is 15.5. The SMILES string of the molecule is CC1CCc2sc(C(=O)OCC(=O)NC(C)c3cccs3)cc2C1. The second kappa shape index (κ2) is 7.49. The van der Waals surface area contributed by atoms with Gasteiger partial charge in [-0.15, -0.1) is 22.7 Å². The fraction of sp³-hybridized carbons (Fsp3) is 0.444. The normalized spacial score (nSPS) is 17.8. The molecule has 1 amide bonds. The molecule has 3 rings (SSSR count). The maximum Gasteiger partial charge on any atom is 0.348 e. The van der Waals surface area contributed by atoms with Crippen LogP contribution in [0.5, 0.6) is 0 Å². The van der Waals surface area contributed by atoms with Crippen molar-refractivity contribution in [1.82, 2.24) is 5.32 Å². The van der Waals surface area contributed by atoms with Crippen LogP contribution >= 0.6 is 22.7 Å². The van der Waals surface area contributed by atoms with Crippen LogP contribution in [0, 0.1) is 5.92 Å². The Balaban J connectivity index is 1.51. The number of nitrogens with one attached hydrogen (secondary N) is 1. The van der Waals surface area contributed by atoms with E-state index < -0.39 is 5.97 Å². The molecule has 6 heteroatoms.